The van der Waals surface area contributed by atoms with Gasteiger partial charge in [-0.1, -0.05) is 0 Å². The topological polar surface area (TPSA) is 83.6 Å². The molecule has 1 aromatic carbocycles. The molecule has 0 fully saturated rings. The fraction of sp³-hybridized carbons (Fsp3) is 0. The smallest absolute Gasteiger partial charge is 0.252 e. The zero-order valence-corrected chi connectivity index (χ0v) is 10.5. The number of hydrogen-bond donors (Lipinski definition) is 3. The molecule has 0 unspecified atom stereocenters. The van der Waals surface area contributed by atoms with Crippen molar-refractivity contribution in [3.05, 3.63) is 18.8 Å². The second-order valence-electron chi connectivity index (χ2n) is 2.28. The van der Waals surface area contributed by atoms with E-state index in [1.807, 2.05) is 22.6 Å². The minimum Gasteiger partial charge on any atom is -0.506 e. The number of rotatable bonds is 1. The Hall–Kier alpha value is -0.250. The monoisotopic (exact) mass is 405 g/mol. The Morgan fingerprint density at radius 3 is 2.31 bits per heavy atom. The zero-order chi connectivity index (χ0) is 10.2. The van der Waals surface area contributed by atoms with Gasteiger partial charge in [0.2, 0.25) is 0 Å². The fourth-order valence-electron chi connectivity index (χ4n) is 0.786. The van der Waals surface area contributed by atoms with Crippen LogP contribution in [-0.4, -0.2) is 16.1 Å². The summed E-state index contributed by atoms with van der Waals surface area (Å²) in [6, 6.07) is 1.34. The third-order valence-electron chi connectivity index (χ3n) is 1.43. The highest BCUT2D eigenvalue weighted by atomic mass is 127. The number of phenols is 2. The van der Waals surface area contributed by atoms with Gasteiger partial charge in [-0.15, -0.1) is 0 Å². The molecule has 6 heteroatoms. The van der Waals surface area contributed by atoms with Crippen molar-refractivity contribution in [3.63, 3.8) is 0 Å². The van der Waals surface area contributed by atoms with Gasteiger partial charge in [0.15, 0.2) is 0 Å². The summed E-state index contributed by atoms with van der Waals surface area (Å²) in [4.78, 5) is 10.8. The third-order valence-corrected chi connectivity index (χ3v) is 3.28. The maximum Gasteiger partial charge on any atom is 0.252 e. The summed E-state index contributed by atoms with van der Waals surface area (Å²) in [6.07, 6.45) is 0. The van der Waals surface area contributed by atoms with E-state index >= 15 is 0 Å². The van der Waals surface area contributed by atoms with Crippen molar-refractivity contribution in [2.24, 2.45) is 5.73 Å². The Morgan fingerprint density at radius 1 is 1.31 bits per heavy atom. The SMILES string of the molecule is NC(=O)c1cc(I)c(O)c(I)c1O. The van der Waals surface area contributed by atoms with E-state index in [0.29, 0.717) is 3.57 Å². The van der Waals surface area contributed by atoms with Crippen LogP contribution in [0.5, 0.6) is 11.5 Å². The standard InChI is InChI=1S/C7H5I2NO3/c8-3-1-2(7(10)13)5(11)4(9)6(3)12/h1,11-12H,(H2,10,13). The first-order valence-electron chi connectivity index (χ1n) is 3.15. The van der Waals surface area contributed by atoms with E-state index < -0.39 is 5.91 Å². The van der Waals surface area contributed by atoms with E-state index in [1.54, 1.807) is 22.6 Å². The van der Waals surface area contributed by atoms with Crippen LogP contribution in [-0.2, 0) is 0 Å². The van der Waals surface area contributed by atoms with Crippen molar-refractivity contribution in [1.29, 1.82) is 0 Å². The van der Waals surface area contributed by atoms with E-state index in [1.165, 1.54) is 6.07 Å². The van der Waals surface area contributed by atoms with Gasteiger partial charge in [-0.2, -0.15) is 0 Å². The molecule has 0 aliphatic rings. The van der Waals surface area contributed by atoms with Crippen LogP contribution >= 0.6 is 45.2 Å². The number of primary amides is 1. The average molecular weight is 405 g/mol. The van der Waals surface area contributed by atoms with Gasteiger partial charge in [0.05, 0.1) is 12.7 Å². The molecule has 0 heterocycles. The lowest BCUT2D eigenvalue weighted by atomic mass is 10.2. The number of nitrogens with two attached hydrogens (primary N) is 1. The number of hydrogen-bond acceptors (Lipinski definition) is 3. The molecule has 0 radical (unpaired) electrons. The summed E-state index contributed by atoms with van der Waals surface area (Å²) >= 11 is 3.59. The molecule has 0 saturated carbocycles. The minimum absolute atomic E-state index is 0.0200. The molecule has 0 bridgehead atoms. The molecule has 13 heavy (non-hydrogen) atoms. The molecular weight excluding hydrogens is 400 g/mol. The van der Waals surface area contributed by atoms with E-state index in [9.17, 15) is 15.0 Å². The zero-order valence-electron chi connectivity index (χ0n) is 6.21. The van der Waals surface area contributed by atoms with Gasteiger partial charge in [-0.05, 0) is 51.2 Å². The van der Waals surface area contributed by atoms with Crippen molar-refractivity contribution in [2.75, 3.05) is 0 Å². The maximum absolute atomic E-state index is 10.8. The molecule has 0 aromatic heterocycles. The molecule has 1 rings (SSSR count). The maximum atomic E-state index is 10.8. The third kappa shape index (κ3) is 1.98. The van der Waals surface area contributed by atoms with Crippen LogP contribution in [0.25, 0.3) is 0 Å². The molecule has 0 aliphatic heterocycles. The van der Waals surface area contributed by atoms with Crippen LogP contribution < -0.4 is 5.73 Å². The van der Waals surface area contributed by atoms with Crippen LogP contribution in [0.3, 0.4) is 0 Å². The van der Waals surface area contributed by atoms with Crippen LogP contribution in [0.4, 0.5) is 0 Å². The second kappa shape index (κ2) is 3.86. The fourth-order valence-corrected chi connectivity index (χ4v) is 2.46. The number of carbonyl (C=O) groups excluding carboxylic acids is 1. The van der Waals surface area contributed by atoms with Crippen LogP contribution in [0.15, 0.2) is 6.07 Å². The average Bonchev–Trinajstić information content (AvgIpc) is 2.07. The highest BCUT2D eigenvalue weighted by molar-refractivity contribution is 14.1. The van der Waals surface area contributed by atoms with Crippen molar-refractivity contribution >= 4 is 51.1 Å². The molecule has 70 valence electrons. The van der Waals surface area contributed by atoms with Crippen molar-refractivity contribution in [1.82, 2.24) is 0 Å². The van der Waals surface area contributed by atoms with E-state index in [0.717, 1.165) is 0 Å². The molecule has 0 saturated heterocycles. The van der Waals surface area contributed by atoms with Gasteiger partial charge in [-0.3, -0.25) is 4.79 Å². The summed E-state index contributed by atoms with van der Waals surface area (Å²) in [5, 5.41) is 18.8. The number of aromatic hydroxyl groups is 2. The van der Waals surface area contributed by atoms with Gasteiger partial charge in [0, 0.05) is 0 Å². The number of phenolic OH excluding ortho intramolecular Hbond substituents is 1. The first-order chi connectivity index (χ1) is 5.95. The van der Waals surface area contributed by atoms with Gasteiger partial charge < -0.3 is 15.9 Å². The van der Waals surface area contributed by atoms with E-state index in [-0.39, 0.29) is 20.6 Å². The van der Waals surface area contributed by atoms with E-state index in [4.69, 9.17) is 5.73 Å². The van der Waals surface area contributed by atoms with Crippen LogP contribution in [0, 0.1) is 7.14 Å². The predicted octanol–water partition coefficient (Wildman–Crippen LogP) is 1.41. The predicted molar refractivity (Wildman–Crippen MR) is 63.7 cm³/mol. The second-order valence-corrected chi connectivity index (χ2v) is 4.52. The first kappa shape index (κ1) is 10.8. The number of benzene rings is 1. The van der Waals surface area contributed by atoms with Gasteiger partial charge in [0.25, 0.3) is 5.91 Å². The lowest BCUT2D eigenvalue weighted by Crippen LogP contribution is -2.12. The Morgan fingerprint density at radius 2 is 1.85 bits per heavy atom. The summed E-state index contributed by atoms with van der Waals surface area (Å²) in [5.74, 6) is -1.02. The van der Waals surface area contributed by atoms with Crippen LogP contribution in [0.1, 0.15) is 10.4 Å². The molecule has 4 N–H and O–H groups in total. The molecule has 4 nitrogen and oxygen atoms in total. The quantitative estimate of drug-likeness (QED) is 0.619. The summed E-state index contributed by atoms with van der Waals surface area (Å²) < 4.78 is 0.715. The van der Waals surface area contributed by atoms with Gasteiger partial charge in [0.1, 0.15) is 11.5 Å². The van der Waals surface area contributed by atoms with Crippen molar-refractivity contribution in [3.8, 4) is 11.5 Å². The van der Waals surface area contributed by atoms with Crippen LogP contribution in [0.2, 0.25) is 0 Å². The lowest BCUT2D eigenvalue weighted by molar-refractivity contribution is 0.0997. The molecule has 1 amide bonds. The summed E-state index contributed by atoms with van der Waals surface area (Å²) in [7, 11) is 0. The molecule has 1 aromatic rings. The Balaban J connectivity index is 3.50. The lowest BCUT2D eigenvalue weighted by Gasteiger charge is -2.06. The number of carbonyl (C=O) groups is 1. The Labute approximate surface area is 101 Å². The number of halogens is 2. The molecular formula is C7H5I2NO3. The molecule has 0 atom stereocenters. The van der Waals surface area contributed by atoms with Crippen molar-refractivity contribution < 1.29 is 15.0 Å². The minimum atomic E-state index is -0.715. The van der Waals surface area contributed by atoms with Crippen molar-refractivity contribution in [2.45, 2.75) is 0 Å². The summed E-state index contributed by atoms with van der Waals surface area (Å²) in [5.41, 5.74) is 5.04. The highest BCUT2D eigenvalue weighted by Crippen LogP contribution is 2.35. The normalized spacial score (nSPS) is 10.0. The summed E-state index contributed by atoms with van der Waals surface area (Å²) in [6.45, 7) is 0. The van der Waals surface area contributed by atoms with E-state index in [2.05, 4.69) is 0 Å². The molecule has 0 spiro atoms. The van der Waals surface area contributed by atoms with Gasteiger partial charge >= 0.3 is 0 Å². The van der Waals surface area contributed by atoms with Gasteiger partial charge in [-0.25, -0.2) is 0 Å². The number of amides is 1. The molecule has 0 aliphatic carbocycles. The first-order valence-corrected chi connectivity index (χ1v) is 5.30. The largest absolute Gasteiger partial charge is 0.506 e. The Bertz CT molecular complexity index is 378. The Kier molecular flexibility index (Phi) is 3.22. The highest BCUT2D eigenvalue weighted by Gasteiger charge is 2.16.